The summed E-state index contributed by atoms with van der Waals surface area (Å²) >= 11 is 0. The number of hydrogen-bond donors (Lipinski definition) is 4. The fourth-order valence-corrected chi connectivity index (χ4v) is 4.36. The van der Waals surface area contributed by atoms with Crippen LogP contribution in [0.3, 0.4) is 0 Å². The molecule has 1 unspecified atom stereocenters. The Kier molecular flexibility index (Phi) is 7.15. The number of hydrogen-bond acceptors (Lipinski definition) is 6. The normalized spacial score (nSPS) is 12.7. The van der Waals surface area contributed by atoms with Crippen LogP contribution in [0, 0.1) is 17.0 Å². The van der Waals surface area contributed by atoms with E-state index in [4.69, 9.17) is 11.1 Å². The van der Waals surface area contributed by atoms with E-state index in [1.807, 2.05) is 4.72 Å². The summed E-state index contributed by atoms with van der Waals surface area (Å²) in [6, 6.07) is 2.19. The lowest BCUT2D eigenvalue weighted by atomic mass is 9.98. The Morgan fingerprint density at radius 3 is 2.74 bits per heavy atom. The summed E-state index contributed by atoms with van der Waals surface area (Å²) in [5.74, 6) is -4.66. The van der Waals surface area contributed by atoms with Crippen LogP contribution >= 0.6 is 0 Å². The van der Waals surface area contributed by atoms with Crippen LogP contribution in [0.15, 0.2) is 35.6 Å². The standard InChI is InChI=1S/C21H20F2N6O4S/c1-2-5-34(32,33)29-16-4-3-15(22)17(18(16)23)19(30)14-10-27-20-13(14)6-11(8-26-20)12(7-24)9-28-21(25)31/h3-4,6-10,12,24,29H,2,5H2,1H3,(H2,25,31)(H,26,27). The molecule has 0 spiro atoms. The van der Waals surface area contributed by atoms with Gasteiger partial charge >= 0.3 is 6.03 Å². The molecule has 0 bridgehead atoms. The molecule has 0 radical (unpaired) electrons. The van der Waals surface area contributed by atoms with Crippen molar-refractivity contribution in [2.24, 2.45) is 10.7 Å². The molecule has 2 amide bonds. The number of aromatic nitrogens is 2. The number of anilines is 1. The molecule has 0 aliphatic heterocycles. The van der Waals surface area contributed by atoms with E-state index in [1.54, 1.807) is 6.92 Å². The number of urea groups is 1. The lowest BCUT2D eigenvalue weighted by molar-refractivity contribution is 0.103. The van der Waals surface area contributed by atoms with Crippen LogP contribution in [0.5, 0.6) is 0 Å². The smallest absolute Gasteiger partial charge is 0.337 e. The van der Waals surface area contributed by atoms with Crippen LogP contribution < -0.4 is 10.5 Å². The number of nitrogens with two attached hydrogens (primary N) is 1. The minimum atomic E-state index is -3.89. The summed E-state index contributed by atoms with van der Waals surface area (Å²) in [7, 11) is -3.89. The van der Waals surface area contributed by atoms with E-state index in [0.29, 0.717) is 5.56 Å². The molecule has 3 aromatic rings. The second kappa shape index (κ2) is 9.87. The highest BCUT2D eigenvalue weighted by Crippen LogP contribution is 2.28. The van der Waals surface area contributed by atoms with Gasteiger partial charge in [0.05, 0.1) is 22.9 Å². The minimum absolute atomic E-state index is 0.133. The number of benzene rings is 1. The molecule has 13 heteroatoms. The van der Waals surface area contributed by atoms with Crippen LogP contribution in [0.4, 0.5) is 19.3 Å². The minimum Gasteiger partial charge on any atom is -0.350 e. The Bertz CT molecular complexity index is 1420. The van der Waals surface area contributed by atoms with Crippen molar-refractivity contribution < 1.29 is 26.8 Å². The fraction of sp³-hybridized carbons (Fsp3) is 0.190. The molecule has 10 nitrogen and oxygen atoms in total. The zero-order valence-corrected chi connectivity index (χ0v) is 18.6. The van der Waals surface area contributed by atoms with Gasteiger partial charge in [-0.05, 0) is 30.2 Å². The highest BCUT2D eigenvalue weighted by Gasteiger charge is 2.26. The second-order valence-electron chi connectivity index (χ2n) is 7.21. The Balaban J connectivity index is 2.07. The third kappa shape index (κ3) is 5.14. The Labute approximate surface area is 192 Å². The lowest BCUT2D eigenvalue weighted by Crippen LogP contribution is -2.18. The van der Waals surface area contributed by atoms with Gasteiger partial charge in [-0.25, -0.2) is 32.0 Å². The molecule has 2 heterocycles. The van der Waals surface area contributed by atoms with Gasteiger partial charge in [-0.3, -0.25) is 9.52 Å². The average molecular weight is 490 g/mol. The van der Waals surface area contributed by atoms with Crippen molar-refractivity contribution in [2.75, 3.05) is 10.5 Å². The third-order valence-electron chi connectivity index (χ3n) is 4.78. The number of rotatable bonds is 9. The van der Waals surface area contributed by atoms with Crippen molar-refractivity contribution in [1.29, 1.82) is 5.41 Å². The molecule has 5 N–H and O–H groups in total. The number of fused-ring (bicyclic) bond motifs is 1. The second-order valence-corrected chi connectivity index (χ2v) is 9.05. The first-order chi connectivity index (χ1) is 16.1. The van der Waals surface area contributed by atoms with Crippen LogP contribution in [-0.4, -0.2) is 48.4 Å². The first-order valence-corrected chi connectivity index (χ1v) is 11.6. The van der Waals surface area contributed by atoms with Gasteiger partial charge in [-0.15, -0.1) is 0 Å². The molecule has 34 heavy (non-hydrogen) atoms. The molecule has 0 aliphatic rings. The Morgan fingerprint density at radius 1 is 1.35 bits per heavy atom. The highest BCUT2D eigenvalue weighted by molar-refractivity contribution is 7.92. The van der Waals surface area contributed by atoms with Gasteiger partial charge in [0.25, 0.3) is 0 Å². The zero-order valence-electron chi connectivity index (χ0n) is 17.8. The van der Waals surface area contributed by atoms with Crippen LogP contribution in [0.1, 0.15) is 40.7 Å². The van der Waals surface area contributed by atoms with Gasteiger partial charge in [-0.2, -0.15) is 0 Å². The van der Waals surface area contributed by atoms with E-state index in [1.165, 1.54) is 18.5 Å². The first-order valence-electron chi connectivity index (χ1n) is 9.92. The molecular weight excluding hydrogens is 470 g/mol. The molecule has 0 fully saturated rings. The predicted molar refractivity (Wildman–Crippen MR) is 123 cm³/mol. The number of aromatic amines is 1. The Morgan fingerprint density at radius 2 is 2.09 bits per heavy atom. The largest absolute Gasteiger partial charge is 0.350 e. The molecule has 1 aromatic carbocycles. The van der Waals surface area contributed by atoms with E-state index in [-0.39, 0.29) is 28.8 Å². The molecule has 178 valence electrons. The maximum Gasteiger partial charge on any atom is 0.337 e. The number of nitrogens with one attached hydrogen (secondary N) is 3. The molecule has 0 aliphatic carbocycles. The first kappa shape index (κ1) is 24.6. The summed E-state index contributed by atoms with van der Waals surface area (Å²) in [4.78, 5) is 34.3. The Hall–Kier alpha value is -4.00. The zero-order chi connectivity index (χ0) is 25.0. The fourth-order valence-electron chi connectivity index (χ4n) is 3.23. The predicted octanol–water partition coefficient (Wildman–Crippen LogP) is 3.11. The van der Waals surface area contributed by atoms with Crippen molar-refractivity contribution in [3.8, 4) is 0 Å². The van der Waals surface area contributed by atoms with E-state index >= 15 is 4.39 Å². The SMILES string of the molecule is CCCS(=O)(=O)Nc1ccc(F)c(C(=O)c2c[nH]c3ncc(C(C=N)C=NC(N)=O)cc23)c1F. The number of sulfonamides is 1. The van der Waals surface area contributed by atoms with Gasteiger partial charge < -0.3 is 16.1 Å². The van der Waals surface area contributed by atoms with Crippen LogP contribution in [-0.2, 0) is 10.0 Å². The number of primary amides is 1. The molecule has 0 saturated carbocycles. The van der Waals surface area contributed by atoms with Crippen molar-refractivity contribution in [1.82, 2.24) is 9.97 Å². The highest BCUT2D eigenvalue weighted by atomic mass is 32.2. The number of nitrogens with zero attached hydrogens (tertiary/aromatic N) is 2. The monoisotopic (exact) mass is 490 g/mol. The summed E-state index contributed by atoms with van der Waals surface area (Å²) < 4.78 is 55.7. The number of halogens is 2. The van der Waals surface area contributed by atoms with Gasteiger partial charge in [0.15, 0.2) is 5.82 Å². The van der Waals surface area contributed by atoms with Gasteiger partial charge in [-0.1, -0.05) is 6.92 Å². The van der Waals surface area contributed by atoms with E-state index < -0.39 is 50.6 Å². The molecule has 0 saturated heterocycles. The number of aliphatic imine (C=N–C) groups is 1. The van der Waals surface area contributed by atoms with E-state index in [0.717, 1.165) is 24.6 Å². The van der Waals surface area contributed by atoms with Crippen LogP contribution in [0.2, 0.25) is 0 Å². The topological polar surface area (TPSA) is 171 Å². The van der Waals surface area contributed by atoms with Gasteiger partial charge in [0.2, 0.25) is 15.8 Å². The summed E-state index contributed by atoms with van der Waals surface area (Å²) in [5.41, 5.74) is 3.94. The quantitative estimate of drug-likeness (QED) is 0.266. The summed E-state index contributed by atoms with van der Waals surface area (Å²) in [5, 5.41) is 7.73. The van der Waals surface area contributed by atoms with E-state index in [2.05, 4.69) is 15.0 Å². The summed E-state index contributed by atoms with van der Waals surface area (Å²) in [6.07, 6.45) is 4.95. The lowest BCUT2D eigenvalue weighted by Gasteiger charge is -2.11. The summed E-state index contributed by atoms with van der Waals surface area (Å²) in [6.45, 7) is 1.62. The maximum atomic E-state index is 15.1. The van der Waals surface area contributed by atoms with Crippen molar-refractivity contribution in [3.63, 3.8) is 0 Å². The average Bonchev–Trinajstić information content (AvgIpc) is 3.19. The number of ketones is 1. The maximum absolute atomic E-state index is 15.1. The molecule has 3 rings (SSSR count). The molecule has 1 atom stereocenters. The number of carbonyl (C=O) groups excluding carboxylic acids is 2. The number of carbonyl (C=O) groups is 2. The van der Waals surface area contributed by atoms with Gasteiger partial charge in [0, 0.05) is 35.8 Å². The molecule has 2 aromatic heterocycles. The molecular formula is C21H20F2N6O4S. The number of amides is 2. The number of pyridine rings is 1. The van der Waals surface area contributed by atoms with Crippen molar-refractivity contribution in [3.05, 3.63) is 58.9 Å². The van der Waals surface area contributed by atoms with Gasteiger partial charge in [0.1, 0.15) is 11.5 Å². The van der Waals surface area contributed by atoms with Crippen molar-refractivity contribution in [2.45, 2.75) is 19.3 Å². The van der Waals surface area contributed by atoms with E-state index in [9.17, 15) is 22.4 Å². The van der Waals surface area contributed by atoms with Crippen LogP contribution in [0.25, 0.3) is 11.0 Å². The number of H-pyrrole nitrogens is 1. The third-order valence-corrected chi connectivity index (χ3v) is 6.26. The van der Waals surface area contributed by atoms with Crippen molar-refractivity contribution >= 4 is 51.0 Å².